The number of hydrogen-bond donors (Lipinski definition) is 1. The van der Waals surface area contributed by atoms with Crippen LogP contribution in [0.25, 0.3) is 11.0 Å². The number of imidazole rings is 1. The molecule has 0 aliphatic rings. The summed E-state index contributed by atoms with van der Waals surface area (Å²) in [5.74, 6) is 1.59. The van der Waals surface area contributed by atoms with Crippen LogP contribution in [0, 0.1) is 5.82 Å². The van der Waals surface area contributed by atoms with E-state index in [-0.39, 0.29) is 18.3 Å². The van der Waals surface area contributed by atoms with Crippen LogP contribution in [0.2, 0.25) is 0 Å². The minimum absolute atomic E-state index is 0.265. The molecular formula is C26H26FN3O3. The predicted molar refractivity (Wildman–Crippen MR) is 125 cm³/mol. The number of rotatable bonds is 10. The number of methoxy groups -OCH3 is 1. The second-order valence-corrected chi connectivity index (χ2v) is 7.56. The Kier molecular flexibility index (Phi) is 7.19. The highest BCUT2D eigenvalue weighted by Gasteiger charge is 2.12. The van der Waals surface area contributed by atoms with Crippen LogP contribution in [0.4, 0.5) is 4.39 Å². The maximum Gasteiger partial charge on any atom is 0.251 e. The van der Waals surface area contributed by atoms with E-state index in [9.17, 15) is 9.18 Å². The fourth-order valence-corrected chi connectivity index (χ4v) is 3.66. The van der Waals surface area contributed by atoms with Crippen molar-refractivity contribution in [2.24, 2.45) is 0 Å². The maximum atomic E-state index is 13.1. The Morgan fingerprint density at radius 3 is 2.48 bits per heavy atom. The number of aromatic nitrogens is 2. The zero-order valence-corrected chi connectivity index (χ0v) is 18.5. The van der Waals surface area contributed by atoms with Gasteiger partial charge in [-0.1, -0.05) is 24.3 Å². The SMILES string of the molecule is COc1ccccc1OCCCCn1c(CNC(=O)c2ccc(F)cc2)nc2ccccc21. The van der Waals surface area contributed by atoms with Crippen molar-refractivity contribution >= 4 is 16.9 Å². The minimum atomic E-state index is -0.372. The van der Waals surface area contributed by atoms with Crippen LogP contribution in [-0.4, -0.2) is 29.2 Å². The first-order valence-electron chi connectivity index (χ1n) is 10.9. The van der Waals surface area contributed by atoms with E-state index in [1.54, 1.807) is 7.11 Å². The molecule has 1 aromatic heterocycles. The van der Waals surface area contributed by atoms with Gasteiger partial charge in [-0.25, -0.2) is 9.37 Å². The van der Waals surface area contributed by atoms with Crippen LogP contribution >= 0.6 is 0 Å². The van der Waals surface area contributed by atoms with E-state index >= 15 is 0 Å². The summed E-state index contributed by atoms with van der Waals surface area (Å²) in [6.45, 7) is 1.60. The molecule has 1 heterocycles. The topological polar surface area (TPSA) is 65.4 Å². The largest absolute Gasteiger partial charge is 0.493 e. The number of halogens is 1. The van der Waals surface area contributed by atoms with Crippen molar-refractivity contribution in [2.45, 2.75) is 25.9 Å². The molecule has 7 heteroatoms. The number of hydrogen-bond acceptors (Lipinski definition) is 4. The number of ether oxygens (including phenoxy) is 2. The fourth-order valence-electron chi connectivity index (χ4n) is 3.66. The lowest BCUT2D eigenvalue weighted by molar-refractivity contribution is 0.0949. The Labute approximate surface area is 192 Å². The smallest absolute Gasteiger partial charge is 0.251 e. The summed E-state index contributed by atoms with van der Waals surface area (Å²) in [7, 11) is 1.63. The standard InChI is InChI=1S/C26H26FN3O3/c1-32-23-10-4-5-11-24(23)33-17-7-6-16-30-22-9-3-2-8-21(22)29-25(30)18-28-26(31)19-12-14-20(27)15-13-19/h2-5,8-15H,6-7,16-18H2,1H3,(H,28,31). The number of carbonyl (C=O) groups is 1. The van der Waals surface area contributed by atoms with Gasteiger partial charge in [0.25, 0.3) is 5.91 Å². The van der Waals surface area contributed by atoms with Crippen molar-refractivity contribution in [3.63, 3.8) is 0 Å². The lowest BCUT2D eigenvalue weighted by Crippen LogP contribution is -2.24. The molecule has 1 N–H and O–H groups in total. The van der Waals surface area contributed by atoms with Crippen molar-refractivity contribution in [3.8, 4) is 11.5 Å². The third-order valence-electron chi connectivity index (χ3n) is 5.35. The monoisotopic (exact) mass is 447 g/mol. The number of carbonyl (C=O) groups excluding carboxylic acids is 1. The van der Waals surface area contributed by atoms with E-state index in [0.29, 0.717) is 12.2 Å². The van der Waals surface area contributed by atoms with Crippen molar-refractivity contribution in [1.29, 1.82) is 0 Å². The molecule has 0 saturated heterocycles. The highest BCUT2D eigenvalue weighted by molar-refractivity contribution is 5.94. The summed E-state index contributed by atoms with van der Waals surface area (Å²) in [5, 5.41) is 2.89. The van der Waals surface area contributed by atoms with E-state index in [2.05, 4.69) is 9.88 Å². The average Bonchev–Trinajstić information content (AvgIpc) is 3.20. The van der Waals surface area contributed by atoms with Crippen LogP contribution in [0.1, 0.15) is 29.0 Å². The molecule has 0 fully saturated rings. The van der Waals surface area contributed by atoms with Gasteiger partial charge in [-0.05, 0) is 61.4 Å². The Morgan fingerprint density at radius 2 is 1.70 bits per heavy atom. The fraction of sp³-hybridized carbons (Fsp3) is 0.231. The van der Waals surface area contributed by atoms with Gasteiger partial charge in [0, 0.05) is 12.1 Å². The number of para-hydroxylation sites is 4. The number of amides is 1. The number of nitrogens with zero attached hydrogens (tertiary/aromatic N) is 2. The molecule has 0 aliphatic carbocycles. The van der Waals surface area contributed by atoms with Crippen LogP contribution in [-0.2, 0) is 13.1 Å². The molecule has 4 aromatic rings. The second-order valence-electron chi connectivity index (χ2n) is 7.56. The number of nitrogens with one attached hydrogen (secondary N) is 1. The van der Waals surface area contributed by atoms with E-state index in [1.807, 2.05) is 48.5 Å². The Morgan fingerprint density at radius 1 is 0.970 bits per heavy atom. The molecule has 3 aromatic carbocycles. The van der Waals surface area contributed by atoms with Crippen LogP contribution < -0.4 is 14.8 Å². The molecule has 4 rings (SSSR count). The zero-order valence-electron chi connectivity index (χ0n) is 18.5. The van der Waals surface area contributed by atoms with E-state index in [0.717, 1.165) is 47.7 Å². The van der Waals surface area contributed by atoms with Crippen molar-refractivity contribution in [3.05, 3.63) is 90.0 Å². The molecule has 0 aliphatic heterocycles. The van der Waals surface area contributed by atoms with Gasteiger partial charge in [0.1, 0.15) is 11.6 Å². The minimum Gasteiger partial charge on any atom is -0.493 e. The van der Waals surface area contributed by atoms with Crippen molar-refractivity contribution < 1.29 is 18.7 Å². The van der Waals surface area contributed by atoms with E-state index in [4.69, 9.17) is 14.5 Å². The predicted octanol–water partition coefficient (Wildman–Crippen LogP) is 4.97. The van der Waals surface area contributed by atoms with Crippen molar-refractivity contribution in [1.82, 2.24) is 14.9 Å². The van der Waals surface area contributed by atoms with E-state index in [1.165, 1.54) is 24.3 Å². The summed E-state index contributed by atoms with van der Waals surface area (Å²) in [6.07, 6.45) is 1.74. The molecule has 0 unspecified atom stereocenters. The first-order valence-corrected chi connectivity index (χ1v) is 10.9. The molecule has 0 atom stereocenters. The van der Waals surface area contributed by atoms with Gasteiger partial charge >= 0.3 is 0 Å². The third kappa shape index (κ3) is 5.49. The lowest BCUT2D eigenvalue weighted by Gasteiger charge is -2.12. The number of unbranched alkanes of at least 4 members (excludes halogenated alkanes) is 1. The summed E-state index contributed by atoms with van der Waals surface area (Å²) in [5.41, 5.74) is 2.32. The average molecular weight is 448 g/mol. The summed E-state index contributed by atoms with van der Waals surface area (Å²) < 4.78 is 26.4. The molecule has 0 saturated carbocycles. The number of fused-ring (bicyclic) bond motifs is 1. The lowest BCUT2D eigenvalue weighted by atomic mass is 10.2. The Hall–Kier alpha value is -3.87. The number of benzene rings is 3. The molecule has 170 valence electrons. The maximum absolute atomic E-state index is 13.1. The first-order chi connectivity index (χ1) is 16.2. The quantitative estimate of drug-likeness (QED) is 0.349. The van der Waals surface area contributed by atoms with Gasteiger partial charge in [-0.15, -0.1) is 0 Å². The first kappa shape index (κ1) is 22.3. The molecule has 0 spiro atoms. The van der Waals surface area contributed by atoms with Gasteiger partial charge in [-0.2, -0.15) is 0 Å². The summed E-state index contributed by atoms with van der Waals surface area (Å²) in [6, 6.07) is 21.0. The van der Waals surface area contributed by atoms with Crippen LogP contribution in [0.5, 0.6) is 11.5 Å². The van der Waals surface area contributed by atoms with E-state index < -0.39 is 0 Å². The summed E-state index contributed by atoms with van der Waals surface area (Å²) >= 11 is 0. The van der Waals surface area contributed by atoms with Gasteiger partial charge in [0.2, 0.25) is 0 Å². The molecule has 0 bridgehead atoms. The third-order valence-corrected chi connectivity index (χ3v) is 5.35. The molecule has 6 nitrogen and oxygen atoms in total. The Bertz CT molecular complexity index is 1220. The van der Waals surface area contributed by atoms with Gasteiger partial charge in [-0.3, -0.25) is 4.79 Å². The molecule has 0 radical (unpaired) electrons. The second kappa shape index (κ2) is 10.6. The molecule has 1 amide bonds. The molecule has 33 heavy (non-hydrogen) atoms. The normalized spacial score (nSPS) is 10.8. The van der Waals surface area contributed by atoms with Gasteiger partial charge in [0.15, 0.2) is 11.5 Å². The summed E-state index contributed by atoms with van der Waals surface area (Å²) in [4.78, 5) is 17.1. The van der Waals surface area contributed by atoms with Crippen molar-refractivity contribution in [2.75, 3.05) is 13.7 Å². The van der Waals surface area contributed by atoms with Crippen LogP contribution in [0.15, 0.2) is 72.8 Å². The van der Waals surface area contributed by atoms with Crippen LogP contribution in [0.3, 0.4) is 0 Å². The van der Waals surface area contributed by atoms with Gasteiger partial charge < -0.3 is 19.4 Å². The zero-order chi connectivity index (χ0) is 23.0. The highest BCUT2D eigenvalue weighted by Crippen LogP contribution is 2.26. The number of aryl methyl sites for hydroxylation is 1. The van der Waals surface area contributed by atoms with Gasteiger partial charge in [0.05, 0.1) is 31.3 Å². The molecular weight excluding hydrogens is 421 g/mol. The highest BCUT2D eigenvalue weighted by atomic mass is 19.1. The Balaban J connectivity index is 1.37.